The molecule has 0 aromatic heterocycles. The molecule has 0 atom stereocenters. The van der Waals surface area contributed by atoms with Gasteiger partial charge in [0, 0.05) is 0 Å². The van der Waals surface area contributed by atoms with Gasteiger partial charge in [-0.05, 0) is 12.5 Å². The SMILES string of the molecule is Cc1ccc(CC(=O)F)cc1. The maximum absolute atomic E-state index is 11.8. The van der Waals surface area contributed by atoms with E-state index in [2.05, 4.69) is 0 Å². The molecule has 1 nitrogen and oxygen atoms in total. The van der Waals surface area contributed by atoms with E-state index in [9.17, 15) is 9.18 Å². The summed E-state index contributed by atoms with van der Waals surface area (Å²) in [7, 11) is 0. The van der Waals surface area contributed by atoms with Crippen LogP contribution in [0.2, 0.25) is 0 Å². The Labute approximate surface area is 64.9 Å². The van der Waals surface area contributed by atoms with Crippen LogP contribution in [0.5, 0.6) is 0 Å². The van der Waals surface area contributed by atoms with E-state index in [1.165, 1.54) is 0 Å². The van der Waals surface area contributed by atoms with E-state index < -0.39 is 6.04 Å². The number of halogens is 1. The van der Waals surface area contributed by atoms with Gasteiger partial charge in [-0.3, -0.25) is 4.79 Å². The Hall–Kier alpha value is -1.18. The summed E-state index contributed by atoms with van der Waals surface area (Å²) in [6.45, 7) is 1.95. The minimum absolute atomic E-state index is 0.111. The molecule has 0 heterocycles. The van der Waals surface area contributed by atoms with E-state index in [0.717, 1.165) is 11.1 Å². The van der Waals surface area contributed by atoms with Crippen LogP contribution < -0.4 is 0 Å². The minimum Gasteiger partial charge on any atom is -0.261 e. The van der Waals surface area contributed by atoms with Gasteiger partial charge in [-0.15, -0.1) is 0 Å². The summed E-state index contributed by atoms with van der Waals surface area (Å²) in [5.41, 5.74) is 1.84. The van der Waals surface area contributed by atoms with Crippen molar-refractivity contribution in [2.45, 2.75) is 13.3 Å². The summed E-state index contributed by atoms with van der Waals surface area (Å²) < 4.78 is 11.8. The third-order valence-electron chi connectivity index (χ3n) is 1.46. The maximum atomic E-state index is 11.8. The number of benzene rings is 1. The van der Waals surface area contributed by atoms with Gasteiger partial charge in [0.15, 0.2) is 0 Å². The summed E-state index contributed by atoms with van der Waals surface area (Å²) in [4.78, 5) is 10.0. The van der Waals surface area contributed by atoms with E-state index in [1.807, 2.05) is 19.1 Å². The molecule has 1 aromatic rings. The van der Waals surface area contributed by atoms with Gasteiger partial charge in [0.2, 0.25) is 0 Å². The molecule has 58 valence electrons. The Balaban J connectivity index is 2.74. The first-order chi connectivity index (χ1) is 5.18. The smallest absolute Gasteiger partial charge is 0.261 e. The first kappa shape index (κ1) is 7.92. The second-order valence-electron chi connectivity index (χ2n) is 2.52. The molecule has 0 amide bonds. The Kier molecular flexibility index (Phi) is 2.36. The standard InChI is InChI=1S/C9H9FO/c1-7-2-4-8(5-3-7)6-9(10)11/h2-5H,6H2,1H3. The lowest BCUT2D eigenvalue weighted by Crippen LogP contribution is -1.93. The summed E-state index contributed by atoms with van der Waals surface area (Å²) in [6.07, 6.45) is -0.111. The highest BCUT2D eigenvalue weighted by Gasteiger charge is 1.99. The monoisotopic (exact) mass is 152 g/mol. The summed E-state index contributed by atoms with van der Waals surface area (Å²) in [5.74, 6) is 0. The van der Waals surface area contributed by atoms with Gasteiger partial charge in [-0.2, -0.15) is 4.39 Å². The zero-order valence-electron chi connectivity index (χ0n) is 6.30. The van der Waals surface area contributed by atoms with Crippen LogP contribution in [0, 0.1) is 6.92 Å². The third kappa shape index (κ3) is 2.50. The van der Waals surface area contributed by atoms with Gasteiger partial charge < -0.3 is 0 Å². The number of carbonyl (C=O) groups excluding carboxylic acids is 1. The van der Waals surface area contributed by atoms with Crippen molar-refractivity contribution >= 4 is 6.04 Å². The zero-order chi connectivity index (χ0) is 8.27. The van der Waals surface area contributed by atoms with Crippen molar-refractivity contribution in [1.29, 1.82) is 0 Å². The van der Waals surface area contributed by atoms with E-state index in [1.54, 1.807) is 12.1 Å². The van der Waals surface area contributed by atoms with E-state index in [4.69, 9.17) is 0 Å². The highest BCUT2D eigenvalue weighted by molar-refractivity contribution is 5.71. The number of hydrogen-bond acceptors (Lipinski definition) is 1. The first-order valence-corrected chi connectivity index (χ1v) is 3.42. The van der Waals surface area contributed by atoms with Gasteiger partial charge in [0.25, 0.3) is 0 Å². The van der Waals surface area contributed by atoms with Crippen molar-refractivity contribution in [3.63, 3.8) is 0 Å². The van der Waals surface area contributed by atoms with Crippen LogP contribution in [0.1, 0.15) is 11.1 Å². The molecule has 0 saturated heterocycles. The fourth-order valence-corrected chi connectivity index (χ4v) is 0.866. The van der Waals surface area contributed by atoms with Crippen LogP contribution >= 0.6 is 0 Å². The van der Waals surface area contributed by atoms with Gasteiger partial charge in [0.1, 0.15) is 0 Å². The van der Waals surface area contributed by atoms with E-state index >= 15 is 0 Å². The van der Waals surface area contributed by atoms with Crippen molar-refractivity contribution in [1.82, 2.24) is 0 Å². The molecule has 2 heteroatoms. The van der Waals surface area contributed by atoms with Crippen LogP contribution in [-0.4, -0.2) is 6.04 Å². The molecular weight excluding hydrogens is 143 g/mol. The average molecular weight is 152 g/mol. The lowest BCUT2D eigenvalue weighted by atomic mass is 10.1. The number of rotatable bonds is 2. The van der Waals surface area contributed by atoms with E-state index in [0.29, 0.717) is 0 Å². The molecule has 0 N–H and O–H groups in total. The summed E-state index contributed by atoms with van der Waals surface area (Å²) >= 11 is 0. The normalized spacial score (nSPS) is 9.64. The van der Waals surface area contributed by atoms with Crippen molar-refractivity contribution in [2.24, 2.45) is 0 Å². The van der Waals surface area contributed by atoms with Crippen LogP contribution in [0.4, 0.5) is 4.39 Å². The Morgan fingerprint density at radius 2 is 1.91 bits per heavy atom. The van der Waals surface area contributed by atoms with Gasteiger partial charge in [-0.25, -0.2) is 0 Å². The Morgan fingerprint density at radius 3 is 2.36 bits per heavy atom. The topological polar surface area (TPSA) is 17.1 Å². The lowest BCUT2D eigenvalue weighted by molar-refractivity contribution is -0.128. The van der Waals surface area contributed by atoms with Gasteiger partial charge >= 0.3 is 6.04 Å². The third-order valence-corrected chi connectivity index (χ3v) is 1.46. The van der Waals surface area contributed by atoms with Gasteiger partial charge in [0.05, 0.1) is 6.42 Å². The van der Waals surface area contributed by atoms with Gasteiger partial charge in [-0.1, -0.05) is 29.8 Å². The number of hydrogen-bond donors (Lipinski definition) is 0. The first-order valence-electron chi connectivity index (χ1n) is 3.42. The molecule has 1 aromatic carbocycles. The molecule has 0 aliphatic rings. The molecule has 0 unspecified atom stereocenters. The predicted molar refractivity (Wildman–Crippen MR) is 41.0 cm³/mol. The quantitative estimate of drug-likeness (QED) is 0.592. The van der Waals surface area contributed by atoms with Crippen LogP contribution in [0.3, 0.4) is 0 Å². The Morgan fingerprint density at radius 1 is 1.36 bits per heavy atom. The van der Waals surface area contributed by atoms with E-state index in [-0.39, 0.29) is 6.42 Å². The molecule has 0 radical (unpaired) electrons. The summed E-state index contributed by atoms with van der Waals surface area (Å²) in [5, 5.41) is 0. The number of carbonyl (C=O) groups is 1. The fourth-order valence-electron chi connectivity index (χ4n) is 0.866. The zero-order valence-corrected chi connectivity index (χ0v) is 6.30. The average Bonchev–Trinajstić information content (AvgIpc) is 1.93. The predicted octanol–water partition coefficient (Wildman–Crippen LogP) is 2.03. The van der Waals surface area contributed by atoms with Crippen LogP contribution in [0.15, 0.2) is 24.3 Å². The highest BCUT2D eigenvalue weighted by Crippen LogP contribution is 2.04. The molecule has 0 aliphatic heterocycles. The maximum Gasteiger partial charge on any atom is 0.305 e. The summed E-state index contributed by atoms with van der Waals surface area (Å²) in [6, 6.07) is 5.95. The second-order valence-corrected chi connectivity index (χ2v) is 2.52. The van der Waals surface area contributed by atoms with Crippen molar-refractivity contribution < 1.29 is 9.18 Å². The molecular formula is C9H9FO. The highest BCUT2D eigenvalue weighted by atomic mass is 19.1. The Bertz CT molecular complexity index is 251. The minimum atomic E-state index is -1.28. The molecule has 0 saturated carbocycles. The molecule has 0 bridgehead atoms. The molecule has 0 fully saturated rings. The van der Waals surface area contributed by atoms with Crippen LogP contribution in [0.25, 0.3) is 0 Å². The molecule has 11 heavy (non-hydrogen) atoms. The lowest BCUT2D eigenvalue weighted by Gasteiger charge is -1.95. The van der Waals surface area contributed by atoms with Crippen molar-refractivity contribution in [3.05, 3.63) is 35.4 Å². The molecule has 0 spiro atoms. The van der Waals surface area contributed by atoms with Crippen molar-refractivity contribution in [3.8, 4) is 0 Å². The molecule has 1 rings (SSSR count). The second kappa shape index (κ2) is 3.28. The number of aryl methyl sites for hydroxylation is 1. The molecule has 0 aliphatic carbocycles. The van der Waals surface area contributed by atoms with Crippen LogP contribution in [-0.2, 0) is 11.2 Å². The van der Waals surface area contributed by atoms with Crippen molar-refractivity contribution in [2.75, 3.05) is 0 Å². The largest absolute Gasteiger partial charge is 0.305 e. The fraction of sp³-hybridized carbons (Fsp3) is 0.222.